The van der Waals surface area contributed by atoms with Crippen molar-refractivity contribution in [1.29, 1.82) is 0 Å². The minimum absolute atomic E-state index is 0.0178. The van der Waals surface area contributed by atoms with E-state index in [9.17, 15) is 18.4 Å². The Hall–Kier alpha value is -2.57. The van der Waals surface area contributed by atoms with E-state index in [1.165, 1.54) is 6.20 Å². The van der Waals surface area contributed by atoms with Crippen LogP contribution >= 0.6 is 0 Å². The molecule has 0 aliphatic carbocycles. The molecule has 0 unspecified atom stereocenters. The van der Waals surface area contributed by atoms with Crippen molar-refractivity contribution in [2.24, 2.45) is 5.41 Å². The van der Waals surface area contributed by atoms with Crippen molar-refractivity contribution < 1.29 is 18.4 Å². The lowest BCUT2D eigenvalue weighted by Crippen LogP contribution is -2.56. The molecule has 4 rings (SSSR count). The number of piperidine rings is 1. The Labute approximate surface area is 143 Å². The monoisotopic (exact) mass is 345 g/mol. The van der Waals surface area contributed by atoms with Gasteiger partial charge in [0, 0.05) is 31.1 Å². The van der Waals surface area contributed by atoms with Gasteiger partial charge >= 0.3 is 0 Å². The number of hydrogen-bond acceptors (Lipinski definition) is 3. The zero-order chi connectivity index (χ0) is 17.7. The van der Waals surface area contributed by atoms with Crippen LogP contribution in [0.25, 0.3) is 10.9 Å². The molecule has 5 nitrogen and oxygen atoms in total. The number of aromatic nitrogens is 1. The summed E-state index contributed by atoms with van der Waals surface area (Å²) in [5.41, 5.74) is -0.234. The summed E-state index contributed by atoms with van der Waals surface area (Å²) in [7, 11) is 0. The lowest BCUT2D eigenvalue weighted by atomic mass is 9.77. The Morgan fingerprint density at radius 3 is 2.76 bits per heavy atom. The van der Waals surface area contributed by atoms with Crippen molar-refractivity contribution in [1.82, 2.24) is 15.2 Å². The van der Waals surface area contributed by atoms with Gasteiger partial charge < -0.3 is 10.2 Å². The number of rotatable bonds is 1. The zero-order valence-electron chi connectivity index (χ0n) is 13.5. The van der Waals surface area contributed by atoms with Crippen molar-refractivity contribution >= 4 is 22.7 Å². The number of para-hydroxylation sites is 1. The van der Waals surface area contributed by atoms with Gasteiger partial charge in [0.25, 0.3) is 11.8 Å². The lowest BCUT2D eigenvalue weighted by Gasteiger charge is -2.42. The molecule has 2 aliphatic heterocycles. The van der Waals surface area contributed by atoms with Gasteiger partial charge in [0.15, 0.2) is 0 Å². The Bertz CT molecular complexity index is 865. The number of nitrogens with zero attached hydrogens (tertiary/aromatic N) is 2. The maximum atomic E-state index is 14.3. The van der Waals surface area contributed by atoms with Crippen LogP contribution in [0, 0.1) is 5.41 Å². The number of carbonyl (C=O) groups is 2. The molecule has 0 saturated carbocycles. The van der Waals surface area contributed by atoms with Gasteiger partial charge in [0.05, 0.1) is 23.0 Å². The number of amides is 2. The Kier molecular flexibility index (Phi) is 3.49. The number of halogens is 2. The molecule has 130 valence electrons. The van der Waals surface area contributed by atoms with E-state index in [0.717, 1.165) is 4.90 Å². The molecule has 1 spiro atoms. The molecule has 1 aromatic carbocycles. The van der Waals surface area contributed by atoms with E-state index in [2.05, 4.69) is 10.3 Å². The molecule has 0 radical (unpaired) electrons. The number of alkyl halides is 2. The third kappa shape index (κ3) is 2.63. The Morgan fingerprint density at radius 2 is 2.00 bits per heavy atom. The highest BCUT2D eigenvalue weighted by atomic mass is 19.3. The first kappa shape index (κ1) is 15.9. The first-order chi connectivity index (χ1) is 11.9. The summed E-state index contributed by atoms with van der Waals surface area (Å²) in [6.45, 7) is -0.281. The first-order valence-electron chi connectivity index (χ1n) is 8.19. The van der Waals surface area contributed by atoms with E-state index in [1.807, 2.05) is 0 Å². The van der Waals surface area contributed by atoms with Crippen LogP contribution in [0.3, 0.4) is 0 Å². The number of pyridine rings is 1. The topological polar surface area (TPSA) is 62.3 Å². The van der Waals surface area contributed by atoms with Gasteiger partial charge in [-0.25, -0.2) is 8.78 Å². The first-order valence-corrected chi connectivity index (χ1v) is 8.19. The highest BCUT2D eigenvalue weighted by molar-refractivity contribution is 6.06. The second kappa shape index (κ2) is 5.47. The second-order valence-electron chi connectivity index (χ2n) is 6.86. The largest absolute Gasteiger partial charge is 0.356 e. The normalized spacial score (nSPS) is 25.4. The summed E-state index contributed by atoms with van der Waals surface area (Å²) >= 11 is 0. The third-order valence-corrected chi connectivity index (χ3v) is 5.05. The minimum Gasteiger partial charge on any atom is -0.356 e. The highest BCUT2D eigenvalue weighted by Gasteiger charge is 2.55. The van der Waals surface area contributed by atoms with Crippen LogP contribution in [-0.2, 0) is 4.79 Å². The molecule has 2 saturated heterocycles. The van der Waals surface area contributed by atoms with Gasteiger partial charge in [0.2, 0.25) is 5.91 Å². The van der Waals surface area contributed by atoms with Crippen molar-refractivity contribution in [3.05, 3.63) is 42.1 Å². The maximum absolute atomic E-state index is 14.3. The average molecular weight is 345 g/mol. The van der Waals surface area contributed by atoms with Crippen LogP contribution in [0.1, 0.15) is 23.2 Å². The summed E-state index contributed by atoms with van der Waals surface area (Å²) in [6, 6.07) is 8.63. The number of carbonyl (C=O) groups excluding carboxylic acids is 2. The smallest absolute Gasteiger partial charge is 0.266 e. The summed E-state index contributed by atoms with van der Waals surface area (Å²) < 4.78 is 28.7. The molecule has 1 atom stereocenters. The van der Waals surface area contributed by atoms with Crippen LogP contribution in [0.5, 0.6) is 0 Å². The zero-order valence-corrected chi connectivity index (χ0v) is 13.5. The molecular weight excluding hydrogens is 328 g/mol. The van der Waals surface area contributed by atoms with E-state index in [4.69, 9.17) is 0 Å². The fraction of sp³-hybridized carbons (Fsp3) is 0.389. The molecule has 25 heavy (non-hydrogen) atoms. The highest BCUT2D eigenvalue weighted by Crippen LogP contribution is 2.43. The SMILES string of the molecule is O=C(c1ccnc2ccccc12)N1CC(F)(F)C[C@]2(CCNC2=O)C1. The molecular formula is C18H17F2N3O2. The van der Waals surface area contributed by atoms with Gasteiger partial charge in [-0.2, -0.15) is 0 Å². The number of benzene rings is 1. The third-order valence-electron chi connectivity index (χ3n) is 5.05. The number of hydrogen-bond donors (Lipinski definition) is 1. The fourth-order valence-corrected chi connectivity index (χ4v) is 3.94. The predicted octanol–water partition coefficient (Wildman–Crippen LogP) is 2.22. The van der Waals surface area contributed by atoms with Crippen molar-refractivity contribution in [2.75, 3.05) is 19.6 Å². The van der Waals surface area contributed by atoms with E-state index in [1.54, 1.807) is 30.3 Å². The molecule has 3 heterocycles. The Morgan fingerprint density at radius 1 is 1.20 bits per heavy atom. The average Bonchev–Trinajstić information content (AvgIpc) is 2.91. The summed E-state index contributed by atoms with van der Waals surface area (Å²) in [5.74, 6) is -3.96. The standard InChI is InChI=1S/C18H17F2N3O2/c19-18(20)9-17(6-8-22-16(17)25)10-23(11-18)15(24)13-5-7-21-14-4-2-1-3-12(13)14/h1-5,7H,6,8-11H2,(H,22,25)/t17-/m1/s1. The molecule has 2 aromatic rings. The summed E-state index contributed by atoms with van der Waals surface area (Å²) in [6.07, 6.45) is 1.31. The van der Waals surface area contributed by atoms with Gasteiger partial charge in [-0.1, -0.05) is 18.2 Å². The molecule has 1 N–H and O–H groups in total. The quantitative estimate of drug-likeness (QED) is 0.862. The molecule has 1 aromatic heterocycles. The van der Waals surface area contributed by atoms with Crippen molar-refractivity contribution in [3.63, 3.8) is 0 Å². The number of nitrogens with one attached hydrogen (secondary N) is 1. The van der Waals surface area contributed by atoms with Crippen molar-refractivity contribution in [3.8, 4) is 0 Å². The van der Waals surface area contributed by atoms with Crippen LogP contribution in [0.4, 0.5) is 8.78 Å². The summed E-state index contributed by atoms with van der Waals surface area (Å²) in [5, 5.41) is 3.25. The van der Waals surface area contributed by atoms with Crippen LogP contribution in [0.2, 0.25) is 0 Å². The molecule has 2 aliphatic rings. The van der Waals surface area contributed by atoms with E-state index >= 15 is 0 Å². The van der Waals surface area contributed by atoms with Gasteiger partial charge in [-0.15, -0.1) is 0 Å². The Balaban J connectivity index is 1.72. The maximum Gasteiger partial charge on any atom is 0.266 e. The molecule has 7 heteroatoms. The lowest BCUT2D eigenvalue weighted by molar-refractivity contribution is -0.144. The van der Waals surface area contributed by atoms with Gasteiger partial charge in [0.1, 0.15) is 0 Å². The van der Waals surface area contributed by atoms with Crippen LogP contribution < -0.4 is 5.32 Å². The van der Waals surface area contributed by atoms with Crippen LogP contribution in [-0.4, -0.2) is 47.3 Å². The predicted molar refractivity (Wildman–Crippen MR) is 87.3 cm³/mol. The number of likely N-dealkylation sites (tertiary alicyclic amines) is 1. The molecule has 2 fully saturated rings. The van der Waals surface area contributed by atoms with E-state index in [0.29, 0.717) is 29.4 Å². The van der Waals surface area contributed by atoms with E-state index < -0.39 is 30.2 Å². The molecule has 0 bridgehead atoms. The fourth-order valence-electron chi connectivity index (χ4n) is 3.94. The second-order valence-corrected chi connectivity index (χ2v) is 6.86. The van der Waals surface area contributed by atoms with Crippen molar-refractivity contribution in [2.45, 2.75) is 18.8 Å². The van der Waals surface area contributed by atoms with E-state index in [-0.39, 0.29) is 12.5 Å². The molecule has 2 amide bonds. The van der Waals surface area contributed by atoms with Crippen LogP contribution in [0.15, 0.2) is 36.5 Å². The van der Waals surface area contributed by atoms with Gasteiger partial charge in [-0.3, -0.25) is 14.6 Å². The summed E-state index contributed by atoms with van der Waals surface area (Å²) in [4.78, 5) is 30.5. The number of fused-ring (bicyclic) bond motifs is 1. The minimum atomic E-state index is -3.08. The van der Waals surface area contributed by atoms with Gasteiger partial charge in [-0.05, 0) is 18.6 Å².